The molecule has 0 spiro atoms. The smallest absolute Gasteiger partial charge is 0.322 e. The van der Waals surface area contributed by atoms with Crippen LogP contribution in [0, 0.1) is 0 Å². The SMILES string of the molecule is CN(C)c1ccc(NC(=O)N(CCN)Cc2ccc(NC(=O)c3ccccc3)c(N)c2)cc1. The third-order valence-corrected chi connectivity index (χ3v) is 5.09. The van der Waals surface area contributed by atoms with Crippen LogP contribution in [0.5, 0.6) is 0 Å². The van der Waals surface area contributed by atoms with Crippen molar-refractivity contribution in [2.45, 2.75) is 6.54 Å². The Balaban J connectivity index is 1.66. The van der Waals surface area contributed by atoms with Crippen LogP contribution in [-0.2, 0) is 6.54 Å². The number of nitrogens with one attached hydrogen (secondary N) is 2. The van der Waals surface area contributed by atoms with Crippen molar-refractivity contribution in [3.05, 3.63) is 83.9 Å². The molecule has 0 aromatic heterocycles. The van der Waals surface area contributed by atoms with Crippen LogP contribution in [0.2, 0.25) is 0 Å². The molecule has 0 atom stereocenters. The number of anilines is 4. The first-order valence-electron chi connectivity index (χ1n) is 10.7. The number of benzene rings is 3. The maximum absolute atomic E-state index is 12.8. The van der Waals surface area contributed by atoms with E-state index in [1.165, 1.54) is 0 Å². The Kier molecular flexibility index (Phi) is 7.88. The summed E-state index contributed by atoms with van der Waals surface area (Å²) in [5, 5.41) is 5.73. The number of nitrogens with zero attached hydrogens (tertiary/aromatic N) is 2. The predicted octanol–water partition coefficient (Wildman–Crippen LogP) is 3.58. The Morgan fingerprint density at radius 1 is 0.909 bits per heavy atom. The highest BCUT2D eigenvalue weighted by Gasteiger charge is 2.15. The molecule has 0 saturated heterocycles. The van der Waals surface area contributed by atoms with Gasteiger partial charge in [0, 0.05) is 50.7 Å². The molecule has 0 aliphatic carbocycles. The molecule has 0 radical (unpaired) electrons. The molecule has 3 amide bonds. The van der Waals surface area contributed by atoms with Crippen molar-refractivity contribution in [1.29, 1.82) is 0 Å². The van der Waals surface area contributed by atoms with Gasteiger partial charge in [0.2, 0.25) is 0 Å². The molecule has 33 heavy (non-hydrogen) atoms. The van der Waals surface area contributed by atoms with Gasteiger partial charge < -0.3 is 31.9 Å². The molecule has 0 fully saturated rings. The van der Waals surface area contributed by atoms with Crippen LogP contribution in [0.15, 0.2) is 72.8 Å². The van der Waals surface area contributed by atoms with Gasteiger partial charge in [0.25, 0.3) is 5.91 Å². The van der Waals surface area contributed by atoms with Gasteiger partial charge in [-0.2, -0.15) is 0 Å². The minimum atomic E-state index is -0.252. The first kappa shape index (κ1) is 23.6. The summed E-state index contributed by atoms with van der Waals surface area (Å²) in [6.07, 6.45) is 0. The third kappa shape index (κ3) is 6.47. The monoisotopic (exact) mass is 446 g/mol. The summed E-state index contributed by atoms with van der Waals surface area (Å²) in [7, 11) is 3.92. The molecule has 0 aliphatic heterocycles. The summed E-state index contributed by atoms with van der Waals surface area (Å²) in [6.45, 7) is 1.04. The number of hydrogen-bond acceptors (Lipinski definition) is 5. The van der Waals surface area contributed by atoms with Crippen LogP contribution in [0.3, 0.4) is 0 Å². The number of carbonyl (C=O) groups excluding carboxylic acids is 2. The fourth-order valence-electron chi connectivity index (χ4n) is 3.28. The second kappa shape index (κ2) is 11.0. The van der Waals surface area contributed by atoms with Gasteiger partial charge in [-0.25, -0.2) is 4.79 Å². The quantitative estimate of drug-likeness (QED) is 0.395. The van der Waals surface area contributed by atoms with E-state index >= 15 is 0 Å². The van der Waals surface area contributed by atoms with Crippen molar-refractivity contribution in [1.82, 2.24) is 4.90 Å². The first-order chi connectivity index (χ1) is 15.9. The zero-order valence-corrected chi connectivity index (χ0v) is 18.9. The molecule has 3 aromatic rings. The summed E-state index contributed by atoms with van der Waals surface area (Å²) in [5.74, 6) is -0.237. The summed E-state index contributed by atoms with van der Waals surface area (Å²) in [5.41, 5.74) is 16.0. The van der Waals surface area contributed by atoms with Gasteiger partial charge in [0.05, 0.1) is 11.4 Å². The van der Waals surface area contributed by atoms with E-state index < -0.39 is 0 Å². The van der Waals surface area contributed by atoms with Crippen LogP contribution < -0.4 is 27.0 Å². The Labute approximate surface area is 194 Å². The molecule has 8 nitrogen and oxygen atoms in total. The van der Waals surface area contributed by atoms with Gasteiger partial charge in [-0.3, -0.25) is 4.79 Å². The van der Waals surface area contributed by atoms with E-state index in [-0.39, 0.29) is 11.9 Å². The fourth-order valence-corrected chi connectivity index (χ4v) is 3.28. The molecule has 6 N–H and O–H groups in total. The molecular weight excluding hydrogens is 416 g/mol. The number of nitrogen functional groups attached to an aromatic ring is 1. The maximum atomic E-state index is 12.8. The normalized spacial score (nSPS) is 10.4. The van der Waals surface area contributed by atoms with Crippen LogP contribution >= 0.6 is 0 Å². The Morgan fingerprint density at radius 3 is 2.21 bits per heavy atom. The molecule has 3 aromatic carbocycles. The minimum absolute atomic E-state index is 0.237. The average Bonchev–Trinajstić information content (AvgIpc) is 2.81. The van der Waals surface area contributed by atoms with E-state index in [9.17, 15) is 9.59 Å². The number of amides is 3. The van der Waals surface area contributed by atoms with Crippen molar-refractivity contribution in [3.8, 4) is 0 Å². The van der Waals surface area contributed by atoms with Gasteiger partial charge in [-0.1, -0.05) is 24.3 Å². The van der Waals surface area contributed by atoms with Gasteiger partial charge >= 0.3 is 6.03 Å². The fraction of sp³-hybridized carbons (Fsp3) is 0.200. The molecule has 3 rings (SSSR count). The number of hydrogen-bond donors (Lipinski definition) is 4. The lowest BCUT2D eigenvalue weighted by atomic mass is 10.1. The van der Waals surface area contributed by atoms with Crippen molar-refractivity contribution < 1.29 is 9.59 Å². The number of nitrogens with two attached hydrogens (primary N) is 2. The third-order valence-electron chi connectivity index (χ3n) is 5.09. The Hall–Kier alpha value is -4.04. The second-order valence-electron chi connectivity index (χ2n) is 7.82. The zero-order chi connectivity index (χ0) is 23.8. The van der Waals surface area contributed by atoms with Gasteiger partial charge in [-0.15, -0.1) is 0 Å². The van der Waals surface area contributed by atoms with Gasteiger partial charge in [-0.05, 0) is 54.1 Å². The first-order valence-corrected chi connectivity index (χ1v) is 10.7. The average molecular weight is 447 g/mol. The van der Waals surface area contributed by atoms with E-state index in [1.54, 1.807) is 41.3 Å². The molecular formula is C25H30N6O2. The van der Waals surface area contributed by atoms with Crippen molar-refractivity contribution in [2.75, 3.05) is 48.5 Å². The van der Waals surface area contributed by atoms with Crippen molar-refractivity contribution >= 4 is 34.7 Å². The zero-order valence-electron chi connectivity index (χ0n) is 18.9. The van der Waals surface area contributed by atoms with Gasteiger partial charge in [0.1, 0.15) is 0 Å². The maximum Gasteiger partial charge on any atom is 0.322 e. The van der Waals surface area contributed by atoms with E-state index in [0.29, 0.717) is 42.3 Å². The number of carbonyl (C=O) groups is 2. The lowest BCUT2D eigenvalue weighted by Gasteiger charge is -2.23. The minimum Gasteiger partial charge on any atom is -0.397 e. The molecule has 0 unspecified atom stereocenters. The lowest BCUT2D eigenvalue weighted by molar-refractivity contribution is 0.102. The van der Waals surface area contributed by atoms with Crippen LogP contribution in [-0.4, -0.2) is 44.0 Å². The highest BCUT2D eigenvalue weighted by molar-refractivity contribution is 6.05. The molecule has 0 saturated carbocycles. The molecule has 0 heterocycles. The highest BCUT2D eigenvalue weighted by atomic mass is 16.2. The van der Waals surface area contributed by atoms with E-state index in [4.69, 9.17) is 11.5 Å². The Bertz CT molecular complexity index is 1080. The largest absolute Gasteiger partial charge is 0.397 e. The summed E-state index contributed by atoms with van der Waals surface area (Å²) in [6, 6.07) is 21.6. The van der Waals surface area contributed by atoms with Crippen LogP contribution in [0.25, 0.3) is 0 Å². The molecule has 172 valence electrons. The molecule has 0 bridgehead atoms. The van der Waals surface area contributed by atoms with Gasteiger partial charge in [0.15, 0.2) is 0 Å². The van der Waals surface area contributed by atoms with Crippen LogP contribution in [0.1, 0.15) is 15.9 Å². The topological polar surface area (TPSA) is 117 Å². The second-order valence-corrected chi connectivity index (χ2v) is 7.82. The van der Waals surface area contributed by atoms with E-state index in [1.807, 2.05) is 55.4 Å². The highest BCUT2D eigenvalue weighted by Crippen LogP contribution is 2.22. The number of urea groups is 1. The lowest BCUT2D eigenvalue weighted by Crippen LogP contribution is -2.38. The van der Waals surface area contributed by atoms with E-state index in [0.717, 1.165) is 11.3 Å². The summed E-state index contributed by atoms with van der Waals surface area (Å²) in [4.78, 5) is 28.8. The molecule has 8 heteroatoms. The number of rotatable bonds is 8. The standard InChI is InChI=1S/C25H30N6O2/c1-30(2)21-11-9-20(10-12-21)28-25(33)31(15-14-26)17-18-8-13-23(22(27)16-18)29-24(32)19-6-4-3-5-7-19/h3-13,16H,14-15,17,26-27H2,1-2H3,(H,28,33)(H,29,32). The molecule has 0 aliphatic rings. The van der Waals surface area contributed by atoms with Crippen LogP contribution in [0.4, 0.5) is 27.5 Å². The Morgan fingerprint density at radius 2 is 1.61 bits per heavy atom. The van der Waals surface area contributed by atoms with Crippen molar-refractivity contribution in [3.63, 3.8) is 0 Å². The summed E-state index contributed by atoms with van der Waals surface area (Å²) < 4.78 is 0. The summed E-state index contributed by atoms with van der Waals surface area (Å²) >= 11 is 0. The van der Waals surface area contributed by atoms with E-state index in [2.05, 4.69) is 10.6 Å². The van der Waals surface area contributed by atoms with Crippen molar-refractivity contribution in [2.24, 2.45) is 5.73 Å². The predicted molar refractivity (Wildman–Crippen MR) is 135 cm³/mol.